The van der Waals surface area contributed by atoms with Gasteiger partial charge in [0.25, 0.3) is 0 Å². The molecule has 0 N–H and O–H groups in total. The number of ketones is 1. The van der Waals surface area contributed by atoms with Crippen LogP contribution in [0.4, 0.5) is 0 Å². The fraction of sp³-hybridized carbons (Fsp3) is 0.556. The van der Waals surface area contributed by atoms with Crippen LogP contribution < -0.4 is 0 Å². The largest absolute Gasteiger partial charge is 0.341 e. The molecule has 0 radical (unpaired) electrons. The number of sulfone groups is 1. The summed E-state index contributed by atoms with van der Waals surface area (Å²) >= 11 is 0. The van der Waals surface area contributed by atoms with Crippen molar-refractivity contribution in [1.82, 2.24) is 4.90 Å². The Hall–Kier alpha value is -1.69. The van der Waals surface area contributed by atoms with Crippen molar-refractivity contribution in [2.24, 2.45) is 5.92 Å². The number of hydrogen-bond acceptors (Lipinski definition) is 4. The highest BCUT2D eigenvalue weighted by molar-refractivity contribution is 7.91. The summed E-state index contributed by atoms with van der Waals surface area (Å²) in [5, 5.41) is -0.538. The number of carbonyl (C=O) groups excluding carboxylic acids is 2. The first-order valence-electron chi connectivity index (χ1n) is 8.54. The van der Waals surface area contributed by atoms with Gasteiger partial charge in [-0.15, -0.1) is 0 Å². The number of carbonyl (C=O) groups is 2. The van der Waals surface area contributed by atoms with Crippen molar-refractivity contribution in [2.45, 2.75) is 37.4 Å². The molecule has 0 spiro atoms. The van der Waals surface area contributed by atoms with E-state index in [0.29, 0.717) is 38.6 Å². The Bertz CT molecular complexity index is 704. The predicted molar refractivity (Wildman–Crippen MR) is 91.1 cm³/mol. The number of Topliss-reactive ketones (excluding diaryl/α,β-unsaturated/α-hetero) is 1. The second-order valence-corrected chi connectivity index (χ2v) is 9.00. The normalized spacial score (nSPS) is 25.2. The van der Waals surface area contributed by atoms with Gasteiger partial charge in [0, 0.05) is 31.8 Å². The van der Waals surface area contributed by atoms with Gasteiger partial charge >= 0.3 is 0 Å². The molecular weight excluding hydrogens is 326 g/mol. The summed E-state index contributed by atoms with van der Waals surface area (Å²) in [6, 6.07) is 9.24. The third-order valence-electron chi connectivity index (χ3n) is 5.12. The molecule has 1 aromatic carbocycles. The minimum Gasteiger partial charge on any atom is -0.341 e. The van der Waals surface area contributed by atoms with Crippen molar-refractivity contribution < 1.29 is 18.0 Å². The zero-order valence-electron chi connectivity index (χ0n) is 13.7. The molecule has 1 aliphatic heterocycles. The first-order valence-corrected chi connectivity index (χ1v) is 10.3. The fourth-order valence-corrected chi connectivity index (χ4v) is 5.45. The SMILES string of the molecule is O=C1CCC(C(=O)N2CCC(c3ccccc3)S(=O)(=O)CC2)CC1. The van der Waals surface area contributed by atoms with E-state index < -0.39 is 15.1 Å². The van der Waals surface area contributed by atoms with E-state index in [1.807, 2.05) is 30.3 Å². The van der Waals surface area contributed by atoms with Crippen LogP contribution in [-0.4, -0.2) is 43.9 Å². The van der Waals surface area contributed by atoms with Gasteiger partial charge in [0.1, 0.15) is 5.78 Å². The second-order valence-electron chi connectivity index (χ2n) is 6.69. The molecule has 1 heterocycles. The van der Waals surface area contributed by atoms with E-state index in [1.165, 1.54) is 0 Å². The molecule has 0 bridgehead atoms. The molecular formula is C18H23NO4S. The summed E-state index contributed by atoms with van der Waals surface area (Å²) in [5.41, 5.74) is 0.801. The van der Waals surface area contributed by atoms with Crippen LogP contribution in [-0.2, 0) is 19.4 Å². The van der Waals surface area contributed by atoms with Crippen LogP contribution in [0.5, 0.6) is 0 Å². The van der Waals surface area contributed by atoms with Gasteiger partial charge in [0.15, 0.2) is 9.84 Å². The topological polar surface area (TPSA) is 71.5 Å². The summed E-state index contributed by atoms with van der Waals surface area (Å²) in [6.07, 6.45) is 2.57. The second kappa shape index (κ2) is 7.05. The maximum Gasteiger partial charge on any atom is 0.225 e. The standard InChI is InChI=1S/C18H23NO4S/c20-16-8-6-15(7-9-16)18(21)19-11-10-17(24(22,23)13-12-19)14-4-2-1-3-5-14/h1-5,15,17H,6-13H2. The number of nitrogens with zero attached hydrogens (tertiary/aromatic N) is 1. The van der Waals surface area contributed by atoms with E-state index in [4.69, 9.17) is 0 Å². The highest BCUT2D eigenvalue weighted by atomic mass is 32.2. The van der Waals surface area contributed by atoms with Gasteiger partial charge < -0.3 is 4.90 Å². The maximum atomic E-state index is 12.7. The predicted octanol–water partition coefficient (Wildman–Crippen LogP) is 2.13. The quantitative estimate of drug-likeness (QED) is 0.820. The van der Waals surface area contributed by atoms with Gasteiger partial charge in [-0.05, 0) is 24.8 Å². The van der Waals surface area contributed by atoms with E-state index in [9.17, 15) is 18.0 Å². The van der Waals surface area contributed by atoms with E-state index in [-0.39, 0.29) is 29.9 Å². The van der Waals surface area contributed by atoms with E-state index in [2.05, 4.69) is 0 Å². The summed E-state index contributed by atoms with van der Waals surface area (Å²) in [6.45, 7) is 0.719. The zero-order valence-corrected chi connectivity index (χ0v) is 14.5. The lowest BCUT2D eigenvalue weighted by Gasteiger charge is -2.27. The van der Waals surface area contributed by atoms with Crippen LogP contribution in [0.15, 0.2) is 30.3 Å². The van der Waals surface area contributed by atoms with Crippen molar-refractivity contribution in [1.29, 1.82) is 0 Å². The average Bonchev–Trinajstić information content (AvgIpc) is 2.74. The molecule has 130 valence electrons. The van der Waals surface area contributed by atoms with Gasteiger partial charge in [0.05, 0.1) is 11.0 Å². The monoisotopic (exact) mass is 349 g/mol. The Labute approximate surface area is 143 Å². The van der Waals surface area contributed by atoms with Crippen LogP contribution in [0.25, 0.3) is 0 Å². The molecule has 1 amide bonds. The lowest BCUT2D eigenvalue weighted by Crippen LogP contribution is -2.39. The van der Waals surface area contributed by atoms with Crippen LogP contribution in [0, 0.1) is 5.92 Å². The molecule has 1 saturated carbocycles. The van der Waals surface area contributed by atoms with Crippen molar-refractivity contribution in [3.8, 4) is 0 Å². The number of hydrogen-bond donors (Lipinski definition) is 0. The molecule has 1 atom stereocenters. The van der Waals surface area contributed by atoms with Crippen molar-refractivity contribution in [3.05, 3.63) is 35.9 Å². The third kappa shape index (κ3) is 3.69. The molecule has 2 aliphatic rings. The Morgan fingerprint density at radius 2 is 1.67 bits per heavy atom. The summed E-state index contributed by atoms with van der Waals surface area (Å²) in [5.74, 6) is 0.121. The minimum atomic E-state index is -3.27. The maximum absolute atomic E-state index is 12.7. The third-order valence-corrected chi connectivity index (χ3v) is 7.24. The molecule has 6 heteroatoms. The first-order chi connectivity index (χ1) is 11.5. The number of benzene rings is 1. The minimum absolute atomic E-state index is 0.00392. The Balaban J connectivity index is 1.72. The van der Waals surface area contributed by atoms with E-state index >= 15 is 0 Å². The van der Waals surface area contributed by atoms with Crippen molar-refractivity contribution in [3.63, 3.8) is 0 Å². The Morgan fingerprint density at radius 1 is 1.00 bits per heavy atom. The van der Waals surface area contributed by atoms with Gasteiger partial charge in [0.2, 0.25) is 5.91 Å². The van der Waals surface area contributed by atoms with E-state index in [1.54, 1.807) is 4.90 Å². The lowest BCUT2D eigenvalue weighted by molar-refractivity contribution is -0.137. The molecule has 3 rings (SSSR count). The van der Waals surface area contributed by atoms with Gasteiger partial charge in [-0.1, -0.05) is 30.3 Å². The highest BCUT2D eigenvalue weighted by Crippen LogP contribution is 2.31. The van der Waals surface area contributed by atoms with Crippen LogP contribution >= 0.6 is 0 Å². The van der Waals surface area contributed by atoms with Crippen LogP contribution in [0.2, 0.25) is 0 Å². The summed E-state index contributed by atoms with van der Waals surface area (Å²) < 4.78 is 25.2. The van der Waals surface area contributed by atoms with Gasteiger partial charge in [-0.25, -0.2) is 8.42 Å². The summed E-state index contributed by atoms with van der Waals surface area (Å²) in [7, 11) is -3.27. The van der Waals surface area contributed by atoms with Crippen LogP contribution in [0.3, 0.4) is 0 Å². The zero-order chi connectivity index (χ0) is 17.2. The molecule has 5 nitrogen and oxygen atoms in total. The first kappa shape index (κ1) is 17.1. The Kier molecular flexibility index (Phi) is 5.04. The number of amides is 1. The fourth-order valence-electron chi connectivity index (χ4n) is 3.65. The lowest BCUT2D eigenvalue weighted by atomic mass is 9.87. The Morgan fingerprint density at radius 3 is 2.33 bits per heavy atom. The molecule has 1 saturated heterocycles. The summed E-state index contributed by atoms with van der Waals surface area (Å²) in [4.78, 5) is 25.7. The highest BCUT2D eigenvalue weighted by Gasteiger charge is 2.35. The smallest absolute Gasteiger partial charge is 0.225 e. The van der Waals surface area contributed by atoms with Crippen molar-refractivity contribution in [2.75, 3.05) is 18.8 Å². The molecule has 2 fully saturated rings. The van der Waals surface area contributed by atoms with E-state index in [0.717, 1.165) is 5.56 Å². The molecule has 1 aliphatic carbocycles. The average molecular weight is 349 g/mol. The van der Waals surface area contributed by atoms with Gasteiger partial charge in [-0.3, -0.25) is 9.59 Å². The molecule has 1 unspecified atom stereocenters. The van der Waals surface area contributed by atoms with Gasteiger partial charge in [-0.2, -0.15) is 0 Å². The molecule has 0 aromatic heterocycles. The molecule has 24 heavy (non-hydrogen) atoms. The van der Waals surface area contributed by atoms with Crippen LogP contribution in [0.1, 0.15) is 42.9 Å². The number of rotatable bonds is 2. The van der Waals surface area contributed by atoms with Crippen molar-refractivity contribution >= 4 is 21.5 Å². The molecule has 1 aromatic rings.